The monoisotopic (exact) mass is 390 g/mol. The molecule has 0 spiro atoms. The van der Waals surface area contributed by atoms with E-state index in [-0.39, 0.29) is 11.6 Å². The molecule has 2 aromatic heterocycles. The molecule has 2 N–H and O–H groups in total. The van der Waals surface area contributed by atoms with Gasteiger partial charge in [0.2, 0.25) is 0 Å². The zero-order valence-corrected chi connectivity index (χ0v) is 16.5. The average Bonchev–Trinajstić information content (AvgIpc) is 3.28. The van der Waals surface area contributed by atoms with Crippen LogP contribution in [0.1, 0.15) is 31.0 Å². The standard InChI is InChI=1S/C23H23N3O3/c1-3-20(24-15-18-7-6-14-29-18)22-25-21-9-5-4-8-19(21)23(27)26(22)16-10-12-17(28-2)13-11-16/h4-14,20,24H,3,15H2,1-2H3/p+1/t20-/m1/s1. The molecule has 0 fully saturated rings. The summed E-state index contributed by atoms with van der Waals surface area (Å²) in [6.07, 6.45) is 2.49. The van der Waals surface area contributed by atoms with E-state index in [1.807, 2.05) is 60.7 Å². The first-order valence-electron chi connectivity index (χ1n) is 9.73. The number of para-hydroxylation sites is 1. The first-order valence-corrected chi connectivity index (χ1v) is 9.73. The number of quaternary nitrogens is 1. The van der Waals surface area contributed by atoms with E-state index in [4.69, 9.17) is 14.1 Å². The molecule has 0 saturated carbocycles. The lowest BCUT2D eigenvalue weighted by Crippen LogP contribution is -2.84. The number of rotatable bonds is 7. The Morgan fingerprint density at radius 1 is 1.10 bits per heavy atom. The van der Waals surface area contributed by atoms with Crippen molar-refractivity contribution in [1.82, 2.24) is 9.55 Å². The molecular formula is C23H24N3O3+. The molecule has 4 aromatic rings. The van der Waals surface area contributed by atoms with Crippen molar-refractivity contribution in [2.75, 3.05) is 7.11 Å². The molecule has 2 aromatic carbocycles. The maximum Gasteiger partial charge on any atom is 0.266 e. The summed E-state index contributed by atoms with van der Waals surface area (Å²) in [5, 5.41) is 2.77. The number of hydrogen-bond acceptors (Lipinski definition) is 4. The van der Waals surface area contributed by atoms with Crippen molar-refractivity contribution in [3.63, 3.8) is 0 Å². The predicted molar refractivity (Wildman–Crippen MR) is 111 cm³/mol. The highest BCUT2D eigenvalue weighted by Gasteiger charge is 2.23. The largest absolute Gasteiger partial charge is 0.497 e. The molecule has 0 amide bonds. The number of nitrogens with two attached hydrogens (primary N) is 1. The number of aromatic nitrogens is 2. The summed E-state index contributed by atoms with van der Waals surface area (Å²) >= 11 is 0. The maximum atomic E-state index is 13.4. The van der Waals surface area contributed by atoms with Crippen LogP contribution in [0.4, 0.5) is 0 Å². The van der Waals surface area contributed by atoms with Gasteiger partial charge in [-0.3, -0.25) is 9.36 Å². The maximum absolute atomic E-state index is 13.4. The van der Waals surface area contributed by atoms with Crippen molar-refractivity contribution in [3.8, 4) is 11.4 Å². The van der Waals surface area contributed by atoms with Gasteiger partial charge >= 0.3 is 0 Å². The summed E-state index contributed by atoms with van der Waals surface area (Å²) in [5.74, 6) is 2.36. The molecule has 2 heterocycles. The van der Waals surface area contributed by atoms with Crippen LogP contribution in [-0.2, 0) is 6.54 Å². The average molecular weight is 390 g/mol. The molecule has 0 saturated heterocycles. The molecule has 6 heteroatoms. The van der Waals surface area contributed by atoms with Gasteiger partial charge < -0.3 is 14.5 Å². The Morgan fingerprint density at radius 3 is 2.59 bits per heavy atom. The zero-order valence-electron chi connectivity index (χ0n) is 16.5. The molecule has 1 atom stereocenters. The molecule has 0 aliphatic heterocycles. The molecule has 0 radical (unpaired) electrons. The third kappa shape index (κ3) is 3.79. The molecular weight excluding hydrogens is 366 g/mol. The van der Waals surface area contributed by atoms with Crippen molar-refractivity contribution in [1.29, 1.82) is 0 Å². The minimum absolute atomic E-state index is 0.000456. The quantitative estimate of drug-likeness (QED) is 0.526. The molecule has 6 nitrogen and oxygen atoms in total. The molecule has 148 valence electrons. The van der Waals surface area contributed by atoms with Gasteiger partial charge in [0.15, 0.2) is 11.6 Å². The summed E-state index contributed by atoms with van der Waals surface area (Å²) in [7, 11) is 1.63. The van der Waals surface area contributed by atoms with Gasteiger partial charge in [0.05, 0.1) is 30.0 Å². The van der Waals surface area contributed by atoms with E-state index in [9.17, 15) is 4.79 Å². The Hall–Kier alpha value is -3.38. The fourth-order valence-corrected chi connectivity index (χ4v) is 3.52. The molecule has 0 unspecified atom stereocenters. The first-order chi connectivity index (χ1) is 14.2. The van der Waals surface area contributed by atoms with E-state index in [2.05, 4.69) is 12.2 Å². The van der Waals surface area contributed by atoms with Crippen LogP contribution in [0.15, 0.2) is 76.1 Å². The van der Waals surface area contributed by atoms with Crippen molar-refractivity contribution < 1.29 is 14.5 Å². The molecule has 0 aliphatic rings. The van der Waals surface area contributed by atoms with E-state index in [0.717, 1.165) is 29.4 Å². The first kappa shape index (κ1) is 19.0. The number of methoxy groups -OCH3 is 1. The second kappa shape index (κ2) is 8.32. The number of fused-ring (bicyclic) bond motifs is 1. The Kier molecular flexibility index (Phi) is 5.44. The van der Waals surface area contributed by atoms with Crippen LogP contribution in [0, 0.1) is 0 Å². The third-order valence-electron chi connectivity index (χ3n) is 5.09. The van der Waals surface area contributed by atoms with Crippen molar-refractivity contribution in [2.45, 2.75) is 25.9 Å². The van der Waals surface area contributed by atoms with Crippen molar-refractivity contribution in [3.05, 3.63) is 88.9 Å². The van der Waals surface area contributed by atoms with Crippen molar-refractivity contribution >= 4 is 10.9 Å². The Bertz CT molecular complexity index is 1150. The molecule has 4 rings (SSSR count). The van der Waals surface area contributed by atoms with Gasteiger partial charge in [-0.05, 0) is 48.5 Å². The van der Waals surface area contributed by atoms with Crippen LogP contribution in [0.5, 0.6) is 5.75 Å². The topological polar surface area (TPSA) is 73.9 Å². The Morgan fingerprint density at radius 2 is 1.90 bits per heavy atom. The van der Waals surface area contributed by atoms with Crippen LogP contribution in [-0.4, -0.2) is 16.7 Å². The fourth-order valence-electron chi connectivity index (χ4n) is 3.52. The van der Waals surface area contributed by atoms with Gasteiger partial charge in [0, 0.05) is 6.42 Å². The fraction of sp³-hybridized carbons (Fsp3) is 0.217. The van der Waals surface area contributed by atoms with Crippen LogP contribution in [0.25, 0.3) is 16.6 Å². The van der Waals surface area contributed by atoms with Crippen LogP contribution >= 0.6 is 0 Å². The normalized spacial score (nSPS) is 12.2. The molecule has 0 bridgehead atoms. The van der Waals surface area contributed by atoms with Crippen LogP contribution in [0.3, 0.4) is 0 Å². The summed E-state index contributed by atoms with van der Waals surface area (Å²) in [6, 6.07) is 18.8. The Labute approximate surface area is 168 Å². The minimum atomic E-state index is -0.0689. The van der Waals surface area contributed by atoms with E-state index in [0.29, 0.717) is 17.4 Å². The van der Waals surface area contributed by atoms with E-state index in [1.54, 1.807) is 17.9 Å². The predicted octanol–water partition coefficient (Wildman–Crippen LogP) is 3.20. The van der Waals surface area contributed by atoms with E-state index >= 15 is 0 Å². The summed E-state index contributed by atoms with van der Waals surface area (Å²) in [5.41, 5.74) is 1.41. The lowest BCUT2D eigenvalue weighted by molar-refractivity contribution is -0.714. The molecule has 29 heavy (non-hydrogen) atoms. The van der Waals surface area contributed by atoms with Crippen LogP contribution in [0.2, 0.25) is 0 Å². The summed E-state index contributed by atoms with van der Waals surface area (Å²) < 4.78 is 12.4. The number of benzene rings is 2. The summed E-state index contributed by atoms with van der Waals surface area (Å²) in [4.78, 5) is 18.3. The highest BCUT2D eigenvalue weighted by Crippen LogP contribution is 2.20. The van der Waals surface area contributed by atoms with Gasteiger partial charge in [-0.15, -0.1) is 0 Å². The zero-order chi connectivity index (χ0) is 20.2. The van der Waals surface area contributed by atoms with Gasteiger partial charge in [0.1, 0.15) is 18.3 Å². The second-order valence-corrected chi connectivity index (χ2v) is 6.86. The highest BCUT2D eigenvalue weighted by molar-refractivity contribution is 5.77. The number of furan rings is 1. The summed E-state index contributed by atoms with van der Waals surface area (Å²) in [6.45, 7) is 2.78. The lowest BCUT2D eigenvalue weighted by Gasteiger charge is -2.19. The van der Waals surface area contributed by atoms with Gasteiger partial charge in [-0.25, -0.2) is 4.98 Å². The van der Waals surface area contributed by atoms with E-state index in [1.165, 1.54) is 0 Å². The van der Waals surface area contributed by atoms with Gasteiger partial charge in [-0.2, -0.15) is 0 Å². The van der Waals surface area contributed by atoms with Crippen LogP contribution < -0.4 is 15.6 Å². The van der Waals surface area contributed by atoms with Gasteiger partial charge in [-0.1, -0.05) is 19.1 Å². The van der Waals surface area contributed by atoms with Crippen molar-refractivity contribution in [2.24, 2.45) is 0 Å². The third-order valence-corrected chi connectivity index (χ3v) is 5.09. The Balaban J connectivity index is 1.84. The highest BCUT2D eigenvalue weighted by atomic mass is 16.5. The lowest BCUT2D eigenvalue weighted by atomic mass is 10.1. The smallest absolute Gasteiger partial charge is 0.266 e. The number of ether oxygens (including phenoxy) is 1. The number of nitrogens with zero attached hydrogens (tertiary/aromatic N) is 2. The van der Waals surface area contributed by atoms with Gasteiger partial charge in [0.25, 0.3) is 5.56 Å². The van der Waals surface area contributed by atoms with E-state index < -0.39 is 0 Å². The molecule has 0 aliphatic carbocycles. The second-order valence-electron chi connectivity index (χ2n) is 6.86. The number of hydrogen-bond donors (Lipinski definition) is 1. The minimum Gasteiger partial charge on any atom is -0.497 e. The SMILES string of the molecule is CC[C@@H]([NH2+]Cc1ccco1)c1nc2ccccc2c(=O)n1-c1ccc(OC)cc1.